The van der Waals surface area contributed by atoms with Gasteiger partial charge in [0.25, 0.3) is 5.56 Å². The van der Waals surface area contributed by atoms with Crippen LogP contribution in [0.2, 0.25) is 0 Å². The summed E-state index contributed by atoms with van der Waals surface area (Å²) in [6, 6.07) is 1.22. The Labute approximate surface area is 57.5 Å². The van der Waals surface area contributed by atoms with Crippen molar-refractivity contribution in [1.29, 1.82) is 0 Å². The Kier molecular flexibility index (Phi) is 2.73. The predicted molar refractivity (Wildman–Crippen MR) is 36.5 cm³/mol. The summed E-state index contributed by atoms with van der Waals surface area (Å²) in [7, 11) is 0. The smallest absolute Gasteiger partial charge is 0.252 e. The van der Waals surface area contributed by atoms with Crippen molar-refractivity contribution < 1.29 is 0 Å². The normalized spacial score (nSPS) is 8.00. The molecule has 50 valence electrons. The van der Waals surface area contributed by atoms with Crippen LogP contribution in [-0.2, 0) is 0 Å². The molecule has 0 spiro atoms. The third-order valence-electron chi connectivity index (χ3n) is 0.699. The molecule has 3 N–H and O–H groups in total. The van der Waals surface area contributed by atoms with E-state index in [1.807, 2.05) is 0 Å². The van der Waals surface area contributed by atoms with Crippen LogP contribution in [0, 0.1) is 0 Å². The lowest BCUT2D eigenvalue weighted by Gasteiger charge is -1.83. The number of hydrogen-bond acceptors (Lipinski definition) is 3. The summed E-state index contributed by atoms with van der Waals surface area (Å²) in [5, 5.41) is 0. The van der Waals surface area contributed by atoms with Crippen LogP contribution in [0.1, 0.15) is 0 Å². The minimum atomic E-state index is -0.225. The highest BCUT2D eigenvalue weighted by Crippen LogP contribution is 1.80. The summed E-state index contributed by atoms with van der Waals surface area (Å²) in [5.74, 6) is 0.244. The van der Waals surface area contributed by atoms with E-state index in [-0.39, 0.29) is 23.8 Å². The average molecular weight is 148 g/mol. The molecule has 0 amide bonds. The lowest BCUT2D eigenvalue weighted by molar-refractivity contribution is 1.13. The maximum atomic E-state index is 10.3. The molecule has 0 atom stereocenters. The van der Waals surface area contributed by atoms with E-state index < -0.39 is 0 Å². The van der Waals surface area contributed by atoms with E-state index >= 15 is 0 Å². The SMILES string of the molecule is Cl.Nc1cc(=O)[nH]cn1. The molecule has 0 aromatic carbocycles. The molecule has 0 fully saturated rings. The van der Waals surface area contributed by atoms with Crippen LogP contribution in [-0.4, -0.2) is 9.97 Å². The fourth-order valence-corrected chi connectivity index (χ4v) is 0.384. The van der Waals surface area contributed by atoms with Gasteiger partial charge in [-0.25, -0.2) is 4.98 Å². The van der Waals surface area contributed by atoms with Gasteiger partial charge >= 0.3 is 0 Å². The van der Waals surface area contributed by atoms with Crippen molar-refractivity contribution in [2.45, 2.75) is 0 Å². The molecule has 1 heterocycles. The molecular weight excluding hydrogens is 142 g/mol. The number of aromatic nitrogens is 2. The molecule has 0 saturated carbocycles. The van der Waals surface area contributed by atoms with E-state index in [0.29, 0.717) is 0 Å². The highest BCUT2D eigenvalue weighted by Gasteiger charge is 1.82. The minimum Gasteiger partial charge on any atom is -0.383 e. The molecule has 0 aliphatic rings. The molecule has 0 radical (unpaired) electrons. The molecule has 4 nitrogen and oxygen atoms in total. The van der Waals surface area contributed by atoms with Crippen molar-refractivity contribution in [2.24, 2.45) is 0 Å². The van der Waals surface area contributed by atoms with Gasteiger partial charge in [-0.2, -0.15) is 0 Å². The van der Waals surface area contributed by atoms with Crippen molar-refractivity contribution in [1.82, 2.24) is 9.97 Å². The molecule has 1 aromatic heterocycles. The van der Waals surface area contributed by atoms with Crippen molar-refractivity contribution in [3.05, 3.63) is 22.7 Å². The summed E-state index contributed by atoms with van der Waals surface area (Å²) < 4.78 is 0. The largest absolute Gasteiger partial charge is 0.383 e. The van der Waals surface area contributed by atoms with Gasteiger partial charge in [-0.05, 0) is 0 Å². The van der Waals surface area contributed by atoms with Gasteiger partial charge in [0.05, 0.1) is 6.33 Å². The van der Waals surface area contributed by atoms with Gasteiger partial charge in [0.1, 0.15) is 5.82 Å². The number of H-pyrrole nitrogens is 1. The van der Waals surface area contributed by atoms with Gasteiger partial charge in [0, 0.05) is 6.07 Å². The van der Waals surface area contributed by atoms with E-state index in [1.165, 1.54) is 12.4 Å². The Balaban J connectivity index is 0.000000640. The quantitative estimate of drug-likeness (QED) is 0.533. The molecule has 9 heavy (non-hydrogen) atoms. The number of anilines is 1. The van der Waals surface area contributed by atoms with Gasteiger partial charge in [-0.1, -0.05) is 0 Å². The second kappa shape index (κ2) is 3.09. The molecule has 0 unspecified atom stereocenters. The molecule has 1 rings (SSSR count). The first-order valence-electron chi connectivity index (χ1n) is 2.09. The number of nitrogens with two attached hydrogens (primary N) is 1. The standard InChI is InChI=1S/C4H5N3O.ClH/c5-3-1-4(8)7-2-6-3;/h1-2H,(H3,5,6,7,8);1H. The van der Waals surface area contributed by atoms with Gasteiger partial charge in [0.2, 0.25) is 0 Å². The van der Waals surface area contributed by atoms with E-state index in [4.69, 9.17) is 5.73 Å². The number of hydrogen-bond donors (Lipinski definition) is 2. The molecule has 0 saturated heterocycles. The molecule has 1 aromatic rings. The minimum absolute atomic E-state index is 0. The van der Waals surface area contributed by atoms with Crippen LogP contribution >= 0.6 is 12.4 Å². The van der Waals surface area contributed by atoms with Crippen LogP contribution < -0.4 is 11.3 Å². The highest BCUT2D eigenvalue weighted by molar-refractivity contribution is 5.85. The van der Waals surface area contributed by atoms with Crippen molar-refractivity contribution in [2.75, 3.05) is 5.73 Å². The lowest BCUT2D eigenvalue weighted by Crippen LogP contribution is -2.05. The van der Waals surface area contributed by atoms with Gasteiger partial charge < -0.3 is 10.7 Å². The number of nitrogens with zero attached hydrogens (tertiary/aromatic N) is 1. The van der Waals surface area contributed by atoms with Crippen molar-refractivity contribution in [3.8, 4) is 0 Å². The summed E-state index contributed by atoms with van der Waals surface area (Å²) in [4.78, 5) is 16.2. The molecular formula is C4H6ClN3O. The third kappa shape index (κ3) is 2.14. The molecule has 0 aliphatic heterocycles. The summed E-state index contributed by atoms with van der Waals surface area (Å²) >= 11 is 0. The molecule has 5 heteroatoms. The Morgan fingerprint density at radius 3 is 2.67 bits per heavy atom. The fraction of sp³-hybridized carbons (Fsp3) is 0. The number of nitrogens with one attached hydrogen (secondary N) is 1. The maximum Gasteiger partial charge on any atom is 0.252 e. The Hall–Kier alpha value is -1.03. The second-order valence-corrected chi connectivity index (χ2v) is 1.34. The maximum absolute atomic E-state index is 10.3. The lowest BCUT2D eigenvalue weighted by atomic mass is 10.6. The fourth-order valence-electron chi connectivity index (χ4n) is 0.384. The van der Waals surface area contributed by atoms with Crippen LogP contribution in [0.4, 0.5) is 5.82 Å². The monoisotopic (exact) mass is 147 g/mol. The highest BCUT2D eigenvalue weighted by atomic mass is 35.5. The topological polar surface area (TPSA) is 71.8 Å². The first kappa shape index (κ1) is 7.97. The molecule has 0 aliphatic carbocycles. The molecule has 0 bridgehead atoms. The Morgan fingerprint density at radius 1 is 1.67 bits per heavy atom. The van der Waals surface area contributed by atoms with Crippen molar-refractivity contribution >= 4 is 18.2 Å². The van der Waals surface area contributed by atoms with Gasteiger partial charge in [0.15, 0.2) is 0 Å². The second-order valence-electron chi connectivity index (χ2n) is 1.34. The number of halogens is 1. The zero-order chi connectivity index (χ0) is 5.98. The zero-order valence-corrected chi connectivity index (χ0v) is 5.31. The number of nitrogen functional groups attached to an aromatic ring is 1. The van der Waals surface area contributed by atoms with Gasteiger partial charge in [-0.15, -0.1) is 12.4 Å². The first-order chi connectivity index (χ1) is 3.79. The summed E-state index contributed by atoms with van der Waals surface area (Å²) in [6.07, 6.45) is 1.26. The number of aromatic amines is 1. The van der Waals surface area contributed by atoms with Crippen LogP contribution in [0.15, 0.2) is 17.2 Å². The average Bonchev–Trinajstić information content (AvgIpc) is 1.64. The summed E-state index contributed by atoms with van der Waals surface area (Å²) in [6.45, 7) is 0. The van der Waals surface area contributed by atoms with E-state index in [9.17, 15) is 4.79 Å². The van der Waals surface area contributed by atoms with E-state index in [1.54, 1.807) is 0 Å². The van der Waals surface area contributed by atoms with Crippen LogP contribution in [0.5, 0.6) is 0 Å². The summed E-state index contributed by atoms with van der Waals surface area (Å²) in [5.41, 5.74) is 4.90. The zero-order valence-electron chi connectivity index (χ0n) is 4.50. The first-order valence-corrected chi connectivity index (χ1v) is 2.09. The third-order valence-corrected chi connectivity index (χ3v) is 0.699. The van der Waals surface area contributed by atoms with Crippen molar-refractivity contribution in [3.63, 3.8) is 0 Å². The number of rotatable bonds is 0. The van der Waals surface area contributed by atoms with E-state index in [0.717, 1.165) is 0 Å². The van der Waals surface area contributed by atoms with Crippen LogP contribution in [0.3, 0.4) is 0 Å². The Morgan fingerprint density at radius 2 is 2.33 bits per heavy atom. The van der Waals surface area contributed by atoms with Crippen LogP contribution in [0.25, 0.3) is 0 Å². The Bertz CT molecular complexity index is 233. The van der Waals surface area contributed by atoms with Gasteiger partial charge in [-0.3, -0.25) is 4.79 Å². The predicted octanol–water partition coefficient (Wildman–Crippen LogP) is -0.226. The van der Waals surface area contributed by atoms with E-state index in [2.05, 4.69) is 9.97 Å².